The topological polar surface area (TPSA) is 57.6 Å². The summed E-state index contributed by atoms with van der Waals surface area (Å²) >= 11 is 0. The Morgan fingerprint density at radius 2 is 1.78 bits per heavy atom. The molecule has 2 atom stereocenters. The SMILES string of the molecule is CC(F)(F)CC[C@@H]1CN(c2cccc(F)c2)c2cc(C(F)(F)F)c(O)cc2S(=O)(=O)[C@@H]1F. The van der Waals surface area contributed by atoms with Crippen LogP contribution in [-0.4, -0.2) is 31.5 Å². The van der Waals surface area contributed by atoms with Crippen LogP contribution < -0.4 is 4.90 Å². The third kappa shape index (κ3) is 4.79. The molecule has 2 aromatic rings. The number of nitrogens with zero attached hydrogens (tertiary/aromatic N) is 1. The molecule has 0 unspecified atom stereocenters. The predicted octanol–water partition coefficient (Wildman–Crippen LogP) is 5.82. The van der Waals surface area contributed by atoms with Gasteiger partial charge in [-0.3, -0.25) is 0 Å². The summed E-state index contributed by atoms with van der Waals surface area (Å²) in [6.45, 7) is -0.0484. The van der Waals surface area contributed by atoms with Gasteiger partial charge in [0.05, 0.1) is 16.1 Å². The summed E-state index contributed by atoms with van der Waals surface area (Å²) < 4.78 is 122. The average molecular weight is 485 g/mol. The van der Waals surface area contributed by atoms with Crippen LogP contribution in [0.5, 0.6) is 5.75 Å². The van der Waals surface area contributed by atoms with Crippen molar-refractivity contribution in [3.05, 3.63) is 47.8 Å². The van der Waals surface area contributed by atoms with Crippen LogP contribution in [0.2, 0.25) is 0 Å². The molecule has 0 aromatic heterocycles. The van der Waals surface area contributed by atoms with Gasteiger partial charge in [-0.25, -0.2) is 26.0 Å². The van der Waals surface area contributed by atoms with Crippen LogP contribution in [0.1, 0.15) is 25.3 Å². The van der Waals surface area contributed by atoms with Crippen LogP contribution in [-0.2, 0) is 16.0 Å². The van der Waals surface area contributed by atoms with Gasteiger partial charge in [-0.1, -0.05) is 6.07 Å². The molecule has 0 spiro atoms. The lowest BCUT2D eigenvalue weighted by Gasteiger charge is -2.28. The van der Waals surface area contributed by atoms with Crippen molar-refractivity contribution in [3.63, 3.8) is 0 Å². The zero-order valence-corrected chi connectivity index (χ0v) is 17.3. The summed E-state index contributed by atoms with van der Waals surface area (Å²) in [4.78, 5) is -0.0200. The molecular formula is C20H18F7NO3S. The molecule has 0 radical (unpaired) electrons. The first-order chi connectivity index (χ1) is 14.6. The van der Waals surface area contributed by atoms with E-state index in [-0.39, 0.29) is 11.8 Å². The normalized spacial score (nSPS) is 21.2. The second-order valence-corrected chi connectivity index (χ2v) is 9.67. The lowest BCUT2D eigenvalue weighted by atomic mass is 10.00. The maximum Gasteiger partial charge on any atom is 0.420 e. The Kier molecular flexibility index (Phi) is 6.13. The highest BCUT2D eigenvalue weighted by atomic mass is 32.2. The maximum atomic E-state index is 15.1. The Balaban J connectivity index is 2.26. The third-order valence-corrected chi connectivity index (χ3v) is 7.06. The van der Waals surface area contributed by atoms with Crippen molar-refractivity contribution in [1.82, 2.24) is 0 Å². The number of sulfone groups is 1. The first kappa shape index (κ1) is 24.1. The first-order valence-corrected chi connectivity index (χ1v) is 10.9. The molecule has 32 heavy (non-hydrogen) atoms. The molecule has 0 fully saturated rings. The van der Waals surface area contributed by atoms with Gasteiger partial charge in [0.25, 0.3) is 0 Å². The molecule has 1 N–H and O–H groups in total. The smallest absolute Gasteiger partial charge is 0.420 e. The maximum absolute atomic E-state index is 15.1. The van der Waals surface area contributed by atoms with Crippen LogP contribution in [0.4, 0.5) is 42.1 Å². The van der Waals surface area contributed by atoms with Crippen LogP contribution >= 0.6 is 0 Å². The minimum atomic E-state index is -5.08. The van der Waals surface area contributed by atoms with Gasteiger partial charge in [0.1, 0.15) is 11.6 Å². The summed E-state index contributed by atoms with van der Waals surface area (Å²) in [5.41, 5.74) is -5.07. The average Bonchev–Trinajstić information content (AvgIpc) is 2.73. The highest BCUT2D eigenvalue weighted by Crippen LogP contribution is 2.47. The van der Waals surface area contributed by atoms with Crippen LogP contribution in [0, 0.1) is 11.7 Å². The zero-order chi connectivity index (χ0) is 24.1. The Morgan fingerprint density at radius 1 is 1.12 bits per heavy atom. The van der Waals surface area contributed by atoms with Gasteiger partial charge in [-0.2, -0.15) is 13.2 Å². The molecule has 1 aliphatic heterocycles. The Bertz CT molecular complexity index is 1110. The molecule has 4 nitrogen and oxygen atoms in total. The van der Waals surface area contributed by atoms with E-state index >= 15 is 4.39 Å². The highest BCUT2D eigenvalue weighted by molar-refractivity contribution is 7.92. The first-order valence-electron chi connectivity index (χ1n) is 9.34. The van der Waals surface area contributed by atoms with Gasteiger partial charge in [-0.15, -0.1) is 0 Å². The lowest BCUT2D eigenvalue weighted by Crippen LogP contribution is -2.32. The number of aromatic hydroxyl groups is 1. The number of rotatable bonds is 4. The molecule has 1 heterocycles. The van der Waals surface area contributed by atoms with Gasteiger partial charge >= 0.3 is 6.18 Å². The van der Waals surface area contributed by atoms with Crippen molar-refractivity contribution in [2.45, 2.75) is 42.3 Å². The molecule has 12 heteroatoms. The largest absolute Gasteiger partial charge is 0.507 e. The highest BCUT2D eigenvalue weighted by Gasteiger charge is 2.45. The van der Waals surface area contributed by atoms with E-state index in [0.29, 0.717) is 13.0 Å². The summed E-state index contributed by atoms with van der Waals surface area (Å²) in [7, 11) is -4.98. The number of fused-ring (bicyclic) bond motifs is 1. The van der Waals surface area contributed by atoms with E-state index in [9.17, 15) is 39.9 Å². The summed E-state index contributed by atoms with van der Waals surface area (Å²) in [6, 6.07) is 4.99. The number of hydrogen-bond donors (Lipinski definition) is 1. The number of halogens is 7. The van der Waals surface area contributed by atoms with Crippen molar-refractivity contribution in [3.8, 4) is 5.75 Å². The number of alkyl halides is 6. The number of anilines is 2. The summed E-state index contributed by atoms with van der Waals surface area (Å²) in [6.07, 6.45) is -6.57. The Morgan fingerprint density at radius 3 is 2.34 bits per heavy atom. The standard InChI is InChI=1S/C20H18F7NO3S/c1-19(23,24)6-5-11-10-28(13-4-2-3-12(21)7-13)15-8-14(20(25,26)27)16(29)9-17(15)32(30,31)18(11)22/h2-4,7-9,11,18,29H,5-6,10H2,1H3/t11-,18+/m1/s1. The lowest BCUT2D eigenvalue weighted by molar-refractivity contribution is -0.138. The van der Waals surface area contributed by atoms with Crippen molar-refractivity contribution >= 4 is 21.2 Å². The fourth-order valence-electron chi connectivity index (χ4n) is 3.56. The molecule has 176 valence electrons. The summed E-state index contributed by atoms with van der Waals surface area (Å²) in [5.74, 6) is -7.06. The Hall–Kier alpha value is -2.50. The van der Waals surface area contributed by atoms with Crippen LogP contribution in [0.3, 0.4) is 0 Å². The Labute approximate surface area is 179 Å². The van der Waals surface area contributed by atoms with Gasteiger partial charge in [0.15, 0.2) is 0 Å². The van der Waals surface area contributed by atoms with E-state index in [1.807, 2.05) is 0 Å². The molecule has 0 aliphatic carbocycles. The summed E-state index contributed by atoms with van der Waals surface area (Å²) in [5, 5.41) is 9.80. The molecular weight excluding hydrogens is 467 g/mol. The van der Waals surface area contributed by atoms with E-state index < -0.39 is 80.5 Å². The quantitative estimate of drug-likeness (QED) is 0.555. The van der Waals surface area contributed by atoms with E-state index in [0.717, 1.165) is 17.0 Å². The van der Waals surface area contributed by atoms with Crippen molar-refractivity contribution < 1.29 is 44.3 Å². The molecule has 0 bridgehead atoms. The predicted molar refractivity (Wildman–Crippen MR) is 102 cm³/mol. The van der Waals surface area contributed by atoms with E-state index in [1.165, 1.54) is 12.1 Å². The minimum absolute atomic E-state index is 0.109. The molecule has 3 rings (SSSR count). The molecule has 1 aliphatic rings. The van der Waals surface area contributed by atoms with Crippen LogP contribution in [0.25, 0.3) is 0 Å². The fraction of sp³-hybridized carbons (Fsp3) is 0.400. The number of benzene rings is 2. The molecule has 0 saturated carbocycles. The third-order valence-electron chi connectivity index (χ3n) is 5.14. The molecule has 0 amide bonds. The second kappa shape index (κ2) is 8.13. The van der Waals surface area contributed by atoms with Crippen molar-refractivity contribution in [2.75, 3.05) is 11.4 Å². The van der Waals surface area contributed by atoms with Crippen LogP contribution in [0.15, 0.2) is 41.3 Å². The fourth-order valence-corrected chi connectivity index (χ4v) is 5.27. The van der Waals surface area contributed by atoms with Gasteiger partial charge < -0.3 is 10.0 Å². The van der Waals surface area contributed by atoms with Gasteiger partial charge in [-0.05, 0) is 37.6 Å². The van der Waals surface area contributed by atoms with E-state index in [4.69, 9.17) is 0 Å². The van der Waals surface area contributed by atoms with E-state index in [2.05, 4.69) is 0 Å². The van der Waals surface area contributed by atoms with Gasteiger partial charge in [0, 0.05) is 30.6 Å². The van der Waals surface area contributed by atoms with E-state index in [1.54, 1.807) is 0 Å². The number of phenolic OH excluding ortho intramolecular Hbond substituents is 1. The van der Waals surface area contributed by atoms with Crippen molar-refractivity contribution in [1.29, 1.82) is 0 Å². The zero-order valence-electron chi connectivity index (χ0n) is 16.5. The molecule has 0 saturated heterocycles. The monoisotopic (exact) mass is 485 g/mol. The minimum Gasteiger partial charge on any atom is -0.507 e. The number of hydrogen-bond acceptors (Lipinski definition) is 4. The molecule has 2 aromatic carbocycles. The van der Waals surface area contributed by atoms with Crippen molar-refractivity contribution in [2.24, 2.45) is 5.92 Å². The second-order valence-electron chi connectivity index (χ2n) is 7.69. The number of phenols is 1. The van der Waals surface area contributed by atoms with Gasteiger partial charge in [0.2, 0.25) is 21.3 Å².